The first-order chi connectivity index (χ1) is 14.2. The predicted octanol–water partition coefficient (Wildman–Crippen LogP) is 5.76. The standard InChI is InChI=1S/C23H22N4OS/c1-14-13-24-22(25-14)18-11-10-16(12-19(18)28)26-23-27-21-17(8-5-9-20(21)29-23)15-6-3-2-4-7-15/h2-4,6-7,10-13,17,28H,5,8-9H2,1H3,(H,24,25)(H,26,27). The fourth-order valence-corrected chi connectivity index (χ4v) is 5.05. The molecule has 0 fully saturated rings. The predicted molar refractivity (Wildman–Crippen MR) is 117 cm³/mol. The number of aromatic amines is 1. The van der Waals surface area contributed by atoms with Crippen molar-refractivity contribution < 1.29 is 5.11 Å². The number of hydrogen-bond donors (Lipinski definition) is 3. The second kappa shape index (κ2) is 7.37. The zero-order valence-electron chi connectivity index (χ0n) is 16.1. The lowest BCUT2D eigenvalue weighted by Gasteiger charge is -2.21. The van der Waals surface area contributed by atoms with Crippen molar-refractivity contribution in [2.24, 2.45) is 0 Å². The lowest BCUT2D eigenvalue weighted by Crippen LogP contribution is -2.09. The normalized spacial score (nSPS) is 15.8. The summed E-state index contributed by atoms with van der Waals surface area (Å²) in [5.74, 6) is 1.22. The first-order valence-electron chi connectivity index (χ1n) is 9.84. The summed E-state index contributed by atoms with van der Waals surface area (Å²) in [6, 6.07) is 16.2. The van der Waals surface area contributed by atoms with Crippen LogP contribution in [-0.2, 0) is 6.42 Å². The molecule has 0 radical (unpaired) electrons. The molecule has 0 bridgehead atoms. The van der Waals surface area contributed by atoms with Crippen molar-refractivity contribution in [2.45, 2.75) is 32.1 Å². The summed E-state index contributed by atoms with van der Waals surface area (Å²) in [7, 11) is 0. The van der Waals surface area contributed by atoms with E-state index in [9.17, 15) is 5.11 Å². The van der Waals surface area contributed by atoms with E-state index < -0.39 is 0 Å². The van der Waals surface area contributed by atoms with Crippen LogP contribution in [0.3, 0.4) is 0 Å². The molecule has 4 aromatic rings. The molecule has 6 heteroatoms. The number of aromatic hydroxyl groups is 1. The van der Waals surface area contributed by atoms with Crippen LogP contribution >= 0.6 is 11.3 Å². The van der Waals surface area contributed by atoms with Crippen LogP contribution in [0.4, 0.5) is 10.8 Å². The molecular weight excluding hydrogens is 380 g/mol. The van der Waals surface area contributed by atoms with Crippen molar-refractivity contribution in [1.29, 1.82) is 0 Å². The summed E-state index contributed by atoms with van der Waals surface area (Å²) in [6.07, 6.45) is 5.23. The van der Waals surface area contributed by atoms with Crippen LogP contribution in [0.1, 0.15) is 40.6 Å². The third-order valence-corrected chi connectivity index (χ3v) is 6.41. The number of aryl methyl sites for hydroxylation is 2. The van der Waals surface area contributed by atoms with Crippen LogP contribution in [0.2, 0.25) is 0 Å². The van der Waals surface area contributed by atoms with Crippen LogP contribution in [-0.4, -0.2) is 20.1 Å². The van der Waals surface area contributed by atoms with Gasteiger partial charge in [0.15, 0.2) is 5.13 Å². The summed E-state index contributed by atoms with van der Waals surface area (Å²) in [5, 5.41) is 14.7. The number of anilines is 2. The Kier molecular flexibility index (Phi) is 4.56. The lowest BCUT2D eigenvalue weighted by molar-refractivity contribution is 0.477. The first kappa shape index (κ1) is 17.9. The van der Waals surface area contributed by atoms with Gasteiger partial charge in [-0.05, 0) is 43.9 Å². The second-order valence-corrected chi connectivity index (χ2v) is 8.51. The largest absolute Gasteiger partial charge is 0.507 e. The lowest BCUT2D eigenvalue weighted by atomic mass is 9.85. The van der Waals surface area contributed by atoms with E-state index in [0.717, 1.165) is 29.4 Å². The minimum Gasteiger partial charge on any atom is -0.507 e. The molecule has 5 rings (SSSR count). The van der Waals surface area contributed by atoms with E-state index >= 15 is 0 Å². The highest BCUT2D eigenvalue weighted by Crippen LogP contribution is 2.41. The summed E-state index contributed by atoms with van der Waals surface area (Å²) in [5.41, 5.74) is 4.92. The topological polar surface area (TPSA) is 73.8 Å². The minimum atomic E-state index is 0.188. The highest BCUT2D eigenvalue weighted by Gasteiger charge is 2.26. The highest BCUT2D eigenvalue weighted by molar-refractivity contribution is 7.15. The van der Waals surface area contributed by atoms with Crippen molar-refractivity contribution in [3.63, 3.8) is 0 Å². The molecular formula is C23H22N4OS. The Morgan fingerprint density at radius 3 is 2.76 bits per heavy atom. The summed E-state index contributed by atoms with van der Waals surface area (Å²) >= 11 is 1.72. The highest BCUT2D eigenvalue weighted by atomic mass is 32.1. The number of aromatic nitrogens is 3. The zero-order valence-corrected chi connectivity index (χ0v) is 17.0. The van der Waals surface area contributed by atoms with Crippen molar-refractivity contribution >= 4 is 22.2 Å². The van der Waals surface area contributed by atoms with Gasteiger partial charge in [0.2, 0.25) is 0 Å². The van der Waals surface area contributed by atoms with E-state index in [1.54, 1.807) is 17.4 Å². The quantitative estimate of drug-likeness (QED) is 0.406. The maximum Gasteiger partial charge on any atom is 0.187 e. The average molecular weight is 403 g/mol. The molecule has 0 amide bonds. The van der Waals surface area contributed by atoms with Gasteiger partial charge < -0.3 is 15.4 Å². The molecule has 2 aromatic heterocycles. The van der Waals surface area contributed by atoms with Gasteiger partial charge in [-0.25, -0.2) is 9.97 Å². The molecule has 0 saturated heterocycles. The van der Waals surface area contributed by atoms with Crippen LogP contribution < -0.4 is 5.32 Å². The summed E-state index contributed by atoms with van der Waals surface area (Å²) in [6.45, 7) is 1.92. The van der Waals surface area contributed by atoms with Crippen LogP contribution in [0, 0.1) is 6.92 Å². The summed E-state index contributed by atoms with van der Waals surface area (Å²) < 4.78 is 0. The number of fused-ring (bicyclic) bond motifs is 1. The molecule has 1 aliphatic rings. The Labute approximate surface area is 173 Å². The van der Waals surface area contributed by atoms with Gasteiger partial charge >= 0.3 is 0 Å². The molecule has 5 nitrogen and oxygen atoms in total. The Bertz CT molecular complexity index is 1150. The minimum absolute atomic E-state index is 0.188. The number of H-pyrrole nitrogens is 1. The summed E-state index contributed by atoms with van der Waals surface area (Å²) in [4.78, 5) is 13.8. The second-order valence-electron chi connectivity index (χ2n) is 7.43. The van der Waals surface area contributed by atoms with Gasteiger partial charge in [-0.2, -0.15) is 0 Å². The Morgan fingerprint density at radius 1 is 1.14 bits per heavy atom. The van der Waals surface area contributed by atoms with E-state index in [2.05, 4.69) is 45.6 Å². The van der Waals surface area contributed by atoms with Crippen LogP contribution in [0.5, 0.6) is 5.75 Å². The average Bonchev–Trinajstić information content (AvgIpc) is 3.34. The molecule has 0 aliphatic heterocycles. The van der Waals surface area contributed by atoms with E-state index in [0.29, 0.717) is 17.3 Å². The van der Waals surface area contributed by atoms with Crippen LogP contribution in [0.15, 0.2) is 54.7 Å². The van der Waals surface area contributed by atoms with Crippen molar-refractivity contribution in [3.8, 4) is 17.1 Å². The molecule has 1 atom stereocenters. The van der Waals surface area contributed by atoms with E-state index in [4.69, 9.17) is 4.98 Å². The maximum absolute atomic E-state index is 10.5. The number of imidazole rings is 1. The third kappa shape index (κ3) is 3.51. The maximum atomic E-state index is 10.5. The number of rotatable bonds is 4. The number of phenols is 1. The van der Waals surface area contributed by atoms with Gasteiger partial charge in [0.05, 0.1) is 17.0 Å². The monoisotopic (exact) mass is 402 g/mol. The Hall–Kier alpha value is -3.12. The molecule has 2 heterocycles. The third-order valence-electron chi connectivity index (χ3n) is 5.37. The van der Waals surface area contributed by atoms with Crippen molar-refractivity contribution in [3.05, 3.63) is 76.6 Å². The fraction of sp³-hybridized carbons (Fsp3) is 0.217. The van der Waals surface area contributed by atoms with Crippen LogP contribution in [0.25, 0.3) is 11.4 Å². The number of nitrogens with one attached hydrogen (secondary N) is 2. The smallest absolute Gasteiger partial charge is 0.187 e. The van der Waals surface area contributed by atoms with Crippen molar-refractivity contribution in [1.82, 2.24) is 15.0 Å². The molecule has 1 unspecified atom stereocenters. The number of hydrogen-bond acceptors (Lipinski definition) is 5. The SMILES string of the molecule is Cc1c[nH]c(-c2ccc(Nc3nc4c(s3)CCCC4c3ccccc3)cc2O)n1. The van der Waals surface area contributed by atoms with Gasteiger partial charge in [0.1, 0.15) is 11.6 Å². The molecule has 1 aliphatic carbocycles. The Morgan fingerprint density at radius 2 is 2.00 bits per heavy atom. The van der Waals surface area contributed by atoms with Gasteiger partial charge in [-0.15, -0.1) is 11.3 Å². The number of phenolic OH excluding ortho intramolecular Hbond substituents is 1. The molecule has 146 valence electrons. The number of thiazole rings is 1. The van der Waals surface area contributed by atoms with Gasteiger partial charge in [0, 0.05) is 28.7 Å². The van der Waals surface area contributed by atoms with Gasteiger partial charge in [0.25, 0.3) is 0 Å². The number of benzene rings is 2. The van der Waals surface area contributed by atoms with Gasteiger partial charge in [-0.1, -0.05) is 30.3 Å². The molecule has 29 heavy (non-hydrogen) atoms. The van der Waals surface area contributed by atoms with E-state index in [-0.39, 0.29) is 5.75 Å². The van der Waals surface area contributed by atoms with E-state index in [1.165, 1.54) is 22.6 Å². The van der Waals surface area contributed by atoms with E-state index in [1.807, 2.05) is 25.3 Å². The number of nitrogens with zero attached hydrogens (tertiary/aromatic N) is 2. The molecule has 3 N–H and O–H groups in total. The first-order valence-corrected chi connectivity index (χ1v) is 10.7. The Balaban J connectivity index is 1.41. The zero-order chi connectivity index (χ0) is 19.8. The molecule has 0 spiro atoms. The molecule has 0 saturated carbocycles. The van der Waals surface area contributed by atoms with Crippen molar-refractivity contribution in [2.75, 3.05) is 5.32 Å². The van der Waals surface area contributed by atoms with Gasteiger partial charge in [-0.3, -0.25) is 0 Å². The molecule has 2 aromatic carbocycles. The fourth-order valence-electron chi connectivity index (χ4n) is 3.97.